The summed E-state index contributed by atoms with van der Waals surface area (Å²) in [4.78, 5) is 31.1. The van der Waals surface area contributed by atoms with Crippen molar-refractivity contribution in [2.75, 3.05) is 12.4 Å². The molecule has 0 saturated heterocycles. The Balaban J connectivity index is 1.57. The summed E-state index contributed by atoms with van der Waals surface area (Å²) in [5, 5.41) is 16.0. The van der Waals surface area contributed by atoms with Crippen LogP contribution in [-0.2, 0) is 0 Å². The van der Waals surface area contributed by atoms with Crippen molar-refractivity contribution < 1.29 is 14.3 Å². The number of hydrogen-bond acceptors (Lipinski definition) is 8. The van der Waals surface area contributed by atoms with E-state index in [0.717, 1.165) is 0 Å². The molecule has 152 valence electrons. The number of nitrogens with zero attached hydrogens (tertiary/aromatic N) is 5. The zero-order valence-corrected chi connectivity index (χ0v) is 16.9. The second-order valence-electron chi connectivity index (χ2n) is 5.92. The fourth-order valence-corrected chi connectivity index (χ4v) is 3.61. The number of hydrogen-bond donors (Lipinski definition) is 3. The van der Waals surface area contributed by atoms with Crippen LogP contribution in [0.5, 0.6) is 5.75 Å². The van der Waals surface area contributed by atoms with Gasteiger partial charge in [-0.3, -0.25) is 14.9 Å². The van der Waals surface area contributed by atoms with E-state index in [1.807, 2.05) is 0 Å². The van der Waals surface area contributed by atoms with Crippen molar-refractivity contribution in [3.63, 3.8) is 0 Å². The van der Waals surface area contributed by atoms with Gasteiger partial charge in [0.05, 0.1) is 29.1 Å². The second kappa shape index (κ2) is 7.93. The molecule has 3 aromatic heterocycles. The number of aromatic nitrogens is 6. The first kappa shape index (κ1) is 19.5. The number of nitrogens with two attached hydrogens (primary N) is 1. The molecule has 0 aliphatic carbocycles. The lowest BCUT2D eigenvalue weighted by Crippen LogP contribution is -2.14. The smallest absolute Gasteiger partial charge is 0.265 e. The number of H-pyrrole nitrogens is 1. The van der Waals surface area contributed by atoms with Crippen molar-refractivity contribution in [3.05, 3.63) is 52.4 Å². The highest BCUT2D eigenvalue weighted by Crippen LogP contribution is 2.31. The van der Waals surface area contributed by atoms with Gasteiger partial charge in [-0.2, -0.15) is 4.68 Å². The normalized spacial score (nSPS) is 10.7. The Hall–Kier alpha value is -3.77. The van der Waals surface area contributed by atoms with Crippen LogP contribution >= 0.6 is 22.9 Å². The van der Waals surface area contributed by atoms with Gasteiger partial charge in [-0.1, -0.05) is 11.6 Å². The maximum Gasteiger partial charge on any atom is 0.265 e. The van der Waals surface area contributed by atoms with Gasteiger partial charge in [-0.15, -0.1) is 16.4 Å². The summed E-state index contributed by atoms with van der Waals surface area (Å²) in [7, 11) is 1.44. The molecule has 13 heteroatoms. The molecule has 4 rings (SSSR count). The maximum atomic E-state index is 12.8. The van der Waals surface area contributed by atoms with Crippen LogP contribution in [0.15, 0.2) is 36.1 Å². The van der Waals surface area contributed by atoms with E-state index in [0.29, 0.717) is 22.1 Å². The van der Waals surface area contributed by atoms with Gasteiger partial charge in [0.25, 0.3) is 11.8 Å². The fourth-order valence-electron chi connectivity index (χ4n) is 2.65. The summed E-state index contributed by atoms with van der Waals surface area (Å²) in [5.41, 5.74) is 7.44. The van der Waals surface area contributed by atoms with Crippen LogP contribution in [0.3, 0.4) is 0 Å². The van der Waals surface area contributed by atoms with Crippen LogP contribution in [0.2, 0.25) is 5.02 Å². The van der Waals surface area contributed by atoms with E-state index in [-0.39, 0.29) is 22.0 Å². The highest BCUT2D eigenvalue weighted by Gasteiger charge is 2.19. The monoisotopic (exact) mass is 444 g/mol. The third-order valence-electron chi connectivity index (χ3n) is 4.08. The van der Waals surface area contributed by atoms with E-state index in [1.54, 1.807) is 23.7 Å². The fraction of sp³-hybridized carbons (Fsp3) is 0.0588. The first-order valence-corrected chi connectivity index (χ1v) is 9.58. The number of benzene rings is 1. The molecule has 3 heterocycles. The van der Waals surface area contributed by atoms with Gasteiger partial charge >= 0.3 is 0 Å². The number of amides is 2. The van der Waals surface area contributed by atoms with Crippen LogP contribution in [0, 0.1) is 0 Å². The number of nitrogens with one attached hydrogen (secondary N) is 2. The Labute approximate surface area is 177 Å². The van der Waals surface area contributed by atoms with Crippen molar-refractivity contribution in [1.82, 2.24) is 30.2 Å². The van der Waals surface area contributed by atoms with Gasteiger partial charge < -0.3 is 15.5 Å². The molecule has 0 spiro atoms. The number of rotatable bonds is 6. The zero-order valence-electron chi connectivity index (χ0n) is 15.3. The van der Waals surface area contributed by atoms with Crippen LogP contribution < -0.4 is 15.8 Å². The Morgan fingerprint density at radius 2 is 2.17 bits per heavy atom. The van der Waals surface area contributed by atoms with Gasteiger partial charge in [-0.25, -0.2) is 4.98 Å². The first-order valence-electron chi connectivity index (χ1n) is 8.32. The van der Waals surface area contributed by atoms with Crippen LogP contribution in [0.1, 0.15) is 20.8 Å². The summed E-state index contributed by atoms with van der Waals surface area (Å²) >= 11 is 7.53. The van der Waals surface area contributed by atoms with Gasteiger partial charge in [0.15, 0.2) is 5.13 Å². The molecule has 0 fully saturated rings. The average molecular weight is 445 g/mol. The number of tetrazole rings is 1. The third-order valence-corrected chi connectivity index (χ3v) is 5.14. The molecule has 4 aromatic rings. The molecule has 0 aliphatic rings. The number of halogens is 1. The van der Waals surface area contributed by atoms with Gasteiger partial charge in [0.2, 0.25) is 0 Å². The van der Waals surface area contributed by atoms with Crippen molar-refractivity contribution in [2.24, 2.45) is 5.73 Å². The number of ether oxygens (including phenoxy) is 1. The largest absolute Gasteiger partial charge is 0.496 e. The quantitative estimate of drug-likeness (QED) is 0.411. The molecule has 0 radical (unpaired) electrons. The average Bonchev–Trinajstić information content (AvgIpc) is 3.48. The summed E-state index contributed by atoms with van der Waals surface area (Å²) in [6.45, 7) is 0. The lowest BCUT2D eigenvalue weighted by Gasteiger charge is -2.11. The molecule has 30 heavy (non-hydrogen) atoms. The number of methoxy groups -OCH3 is 1. The number of anilines is 1. The zero-order chi connectivity index (χ0) is 21.3. The van der Waals surface area contributed by atoms with E-state index in [4.69, 9.17) is 22.1 Å². The molecule has 2 amide bonds. The number of thiazole rings is 1. The Kier molecular flexibility index (Phi) is 5.16. The lowest BCUT2D eigenvalue weighted by molar-refractivity contribution is 0.0993. The third kappa shape index (κ3) is 3.73. The summed E-state index contributed by atoms with van der Waals surface area (Å²) in [6.07, 6.45) is 2.99. The minimum absolute atomic E-state index is 0.216. The predicted molar refractivity (Wildman–Crippen MR) is 109 cm³/mol. The van der Waals surface area contributed by atoms with Gasteiger partial charge in [0.1, 0.15) is 17.8 Å². The van der Waals surface area contributed by atoms with E-state index >= 15 is 0 Å². The van der Waals surface area contributed by atoms with Gasteiger partial charge in [0, 0.05) is 23.2 Å². The Bertz CT molecular complexity index is 1230. The molecule has 0 unspecified atom stereocenters. The maximum absolute atomic E-state index is 12.8. The van der Waals surface area contributed by atoms with Crippen molar-refractivity contribution in [2.45, 2.75) is 0 Å². The van der Waals surface area contributed by atoms with E-state index in [9.17, 15) is 9.59 Å². The van der Waals surface area contributed by atoms with Crippen molar-refractivity contribution in [3.8, 4) is 22.7 Å². The standard InChI is InChI=1S/C17H13ClN8O3S/c1-29-14-4-13(26-7-21-24-25-26)10(18)3-9(14)16(28)23-17-22-12(6-30-17)8-2-11(15(19)27)20-5-8/h2-7,20H,1H3,(H2,19,27)(H,22,23,28). The number of carbonyl (C=O) groups excluding carboxylic acids is 2. The van der Waals surface area contributed by atoms with Gasteiger partial charge in [-0.05, 0) is 22.6 Å². The minimum atomic E-state index is -0.570. The number of aromatic amines is 1. The predicted octanol–water partition coefficient (Wildman–Crippen LogP) is 2.13. The molecule has 1 aromatic carbocycles. The second-order valence-corrected chi connectivity index (χ2v) is 7.18. The van der Waals surface area contributed by atoms with Crippen LogP contribution in [0.4, 0.5) is 5.13 Å². The molecule has 0 saturated carbocycles. The first-order chi connectivity index (χ1) is 14.5. The Morgan fingerprint density at radius 3 is 2.83 bits per heavy atom. The molecule has 11 nitrogen and oxygen atoms in total. The SMILES string of the molecule is COc1cc(-n2cnnn2)c(Cl)cc1C(=O)Nc1nc(-c2c[nH]c(C(N)=O)c2)cs1. The van der Waals surface area contributed by atoms with E-state index < -0.39 is 11.8 Å². The summed E-state index contributed by atoms with van der Waals surface area (Å²) < 4.78 is 6.69. The minimum Gasteiger partial charge on any atom is -0.496 e. The topological polar surface area (TPSA) is 154 Å². The van der Waals surface area contributed by atoms with Crippen LogP contribution in [0.25, 0.3) is 16.9 Å². The number of carbonyl (C=O) groups is 2. The summed E-state index contributed by atoms with van der Waals surface area (Å²) in [6, 6.07) is 4.61. The van der Waals surface area contributed by atoms with Crippen molar-refractivity contribution >= 4 is 39.9 Å². The summed E-state index contributed by atoms with van der Waals surface area (Å²) in [5.74, 6) is -0.736. The Morgan fingerprint density at radius 1 is 1.33 bits per heavy atom. The lowest BCUT2D eigenvalue weighted by atomic mass is 10.1. The molecular weight excluding hydrogens is 432 g/mol. The van der Waals surface area contributed by atoms with Crippen molar-refractivity contribution in [1.29, 1.82) is 0 Å². The molecule has 0 bridgehead atoms. The molecule has 0 atom stereocenters. The number of primary amides is 1. The van der Waals surface area contributed by atoms with Crippen LogP contribution in [-0.4, -0.2) is 49.1 Å². The molecule has 0 aliphatic heterocycles. The highest BCUT2D eigenvalue weighted by atomic mass is 35.5. The van der Waals surface area contributed by atoms with E-state index in [1.165, 1.54) is 35.5 Å². The highest BCUT2D eigenvalue weighted by molar-refractivity contribution is 7.14. The molecular formula is C17H13ClN8O3S. The van der Waals surface area contributed by atoms with E-state index in [2.05, 4.69) is 30.8 Å². The molecule has 4 N–H and O–H groups in total.